The van der Waals surface area contributed by atoms with Gasteiger partial charge in [-0.2, -0.15) is 0 Å². The summed E-state index contributed by atoms with van der Waals surface area (Å²) < 4.78 is 14.4. The molecule has 0 N–H and O–H groups in total. The molecule has 1 aliphatic carbocycles. The molecule has 0 spiro atoms. The fraction of sp³-hybridized carbons (Fsp3) is 0.0678. The van der Waals surface area contributed by atoms with E-state index >= 15 is 0 Å². The van der Waals surface area contributed by atoms with Crippen LogP contribution in [0.4, 0.5) is 0 Å². The van der Waals surface area contributed by atoms with E-state index in [1.807, 2.05) is 0 Å². The molecule has 2 unspecified atom stereocenters. The number of aryl methyl sites for hydroxylation is 2. The Labute approximate surface area is 387 Å². The summed E-state index contributed by atoms with van der Waals surface area (Å²) in [6.45, 7) is 4.26. The Kier molecular flexibility index (Phi) is 9.70. The molecule has 7 heteroatoms. The van der Waals surface area contributed by atoms with E-state index in [2.05, 4.69) is 232 Å². The second-order valence-electron chi connectivity index (χ2n) is 17.4. The minimum Gasteiger partial charge on any atom is -0.457 e. The normalized spacial score (nSPS) is 17.3. The molecule has 66 heavy (non-hydrogen) atoms. The van der Waals surface area contributed by atoms with E-state index in [-0.39, 0.29) is 5.54 Å². The topological polar surface area (TPSA) is 57.1 Å². The van der Waals surface area contributed by atoms with Gasteiger partial charge in [0.25, 0.3) is 0 Å². The highest BCUT2D eigenvalue weighted by atomic mass is 28.3. The van der Waals surface area contributed by atoms with Crippen LogP contribution in [0, 0.1) is 13.8 Å². The van der Waals surface area contributed by atoms with Gasteiger partial charge >= 0.3 is 0 Å². The zero-order valence-corrected chi connectivity index (χ0v) is 38.7. The summed E-state index contributed by atoms with van der Waals surface area (Å²) in [7, 11) is -5.77. The molecule has 0 saturated heterocycles. The van der Waals surface area contributed by atoms with Gasteiger partial charge in [0.05, 0.1) is 11.1 Å². The number of hydrogen-bond acceptors (Lipinski definition) is 5. The average Bonchev–Trinajstić information content (AvgIpc) is 3.38. The van der Waals surface area contributed by atoms with Gasteiger partial charge in [0, 0.05) is 5.56 Å². The van der Waals surface area contributed by atoms with E-state index in [4.69, 9.17) is 24.4 Å². The lowest BCUT2D eigenvalue weighted by atomic mass is 10.0. The summed E-state index contributed by atoms with van der Waals surface area (Å²) in [4.78, 5) is 16.4. The summed E-state index contributed by atoms with van der Waals surface area (Å²) in [5, 5.41) is 8.75. The first-order valence-electron chi connectivity index (χ1n) is 22.7. The number of aromatic nitrogens is 3. The van der Waals surface area contributed by atoms with Crippen molar-refractivity contribution in [2.75, 3.05) is 0 Å². The molecule has 0 fully saturated rings. The maximum atomic E-state index is 7.20. The molecule has 9 aromatic rings. The van der Waals surface area contributed by atoms with Crippen LogP contribution >= 0.6 is 0 Å². The van der Waals surface area contributed by atoms with Crippen LogP contribution in [-0.2, 0) is 0 Å². The van der Waals surface area contributed by atoms with Gasteiger partial charge in [-0.25, -0.2) is 15.0 Å². The number of hydrogen-bond donors (Lipinski definition) is 0. The lowest BCUT2D eigenvalue weighted by Crippen LogP contribution is -2.76. The van der Waals surface area contributed by atoms with Crippen LogP contribution < -0.4 is 45.8 Å². The molecule has 1 aromatic heterocycles. The molecular weight excluding hydrogens is 839 g/mol. The van der Waals surface area contributed by atoms with Crippen molar-refractivity contribution < 1.29 is 9.47 Å². The van der Waals surface area contributed by atoms with E-state index in [0.717, 1.165) is 62.4 Å². The standard InChI is InChI=1S/C59H45N3O2Si2/c1-40-22-19-23-41(2)54(40)59-61-57(46-32-20-38-52-55(46)63-48-34-15-17-36-50(48)65(52,42-24-7-3-8-25-42)43-26-9-4-10-27-43)60-58(62-59)47-33-21-39-53-56(47)64-49-35-16-18-37-51(49)66(53,44-28-11-5-12-29-44)45-30-13-6-14-31-45/h3-30,32-39,45H,31H2,1-2H3. The number of benzene rings is 8. The van der Waals surface area contributed by atoms with Crippen molar-refractivity contribution in [3.8, 4) is 57.2 Å². The molecule has 0 saturated carbocycles. The van der Waals surface area contributed by atoms with Gasteiger partial charge in [-0.05, 0) is 97.5 Å². The van der Waals surface area contributed by atoms with Crippen LogP contribution in [0.15, 0.2) is 218 Å². The highest BCUT2D eigenvalue weighted by Gasteiger charge is 2.52. The largest absolute Gasteiger partial charge is 0.457 e. The van der Waals surface area contributed by atoms with E-state index in [0.29, 0.717) is 17.5 Å². The quantitative estimate of drug-likeness (QED) is 0.150. The fourth-order valence-electron chi connectivity index (χ4n) is 11.1. The van der Waals surface area contributed by atoms with Crippen molar-refractivity contribution in [2.45, 2.75) is 25.8 Å². The Bertz CT molecular complexity index is 3330. The second kappa shape index (κ2) is 16.1. The van der Waals surface area contributed by atoms with Crippen LogP contribution in [0.3, 0.4) is 0 Å². The van der Waals surface area contributed by atoms with E-state index in [9.17, 15) is 0 Å². The van der Waals surface area contributed by atoms with Crippen LogP contribution in [0.25, 0.3) is 34.2 Å². The Morgan fingerprint density at radius 1 is 0.424 bits per heavy atom. The van der Waals surface area contributed by atoms with Crippen molar-refractivity contribution in [1.29, 1.82) is 0 Å². The molecule has 0 bridgehead atoms. The second-order valence-corrected chi connectivity index (χ2v) is 25.2. The van der Waals surface area contributed by atoms with Crippen molar-refractivity contribution in [1.82, 2.24) is 15.0 Å². The molecule has 0 radical (unpaired) electrons. The Balaban J connectivity index is 1.14. The van der Waals surface area contributed by atoms with Gasteiger partial charge in [-0.3, -0.25) is 0 Å². The third kappa shape index (κ3) is 6.07. The predicted molar refractivity (Wildman–Crippen MR) is 274 cm³/mol. The van der Waals surface area contributed by atoms with Gasteiger partial charge in [-0.1, -0.05) is 194 Å². The van der Waals surface area contributed by atoms with Gasteiger partial charge in [0.1, 0.15) is 23.0 Å². The molecule has 2 aliphatic heterocycles. The summed E-state index contributed by atoms with van der Waals surface area (Å²) in [5.41, 5.74) is 5.05. The van der Waals surface area contributed by atoms with Gasteiger partial charge in [0.15, 0.2) is 33.6 Å². The van der Waals surface area contributed by atoms with E-state index in [1.54, 1.807) is 0 Å². The Morgan fingerprint density at radius 3 is 1.48 bits per heavy atom. The van der Waals surface area contributed by atoms with Crippen molar-refractivity contribution in [3.63, 3.8) is 0 Å². The lowest BCUT2D eigenvalue weighted by Gasteiger charge is -2.44. The molecule has 0 amide bonds. The Morgan fingerprint density at radius 2 is 0.894 bits per heavy atom. The van der Waals surface area contributed by atoms with Gasteiger partial charge < -0.3 is 9.47 Å². The van der Waals surface area contributed by atoms with Crippen molar-refractivity contribution in [3.05, 3.63) is 230 Å². The highest BCUT2D eigenvalue weighted by molar-refractivity contribution is 7.21. The minimum absolute atomic E-state index is 0.248. The van der Waals surface area contributed by atoms with Crippen LogP contribution in [0.5, 0.6) is 23.0 Å². The monoisotopic (exact) mass is 883 g/mol. The van der Waals surface area contributed by atoms with Crippen LogP contribution in [0.2, 0.25) is 5.54 Å². The number of allylic oxidation sites excluding steroid dienone is 4. The zero-order chi connectivity index (χ0) is 44.2. The predicted octanol–water partition coefficient (Wildman–Crippen LogP) is 9.43. The third-order valence-electron chi connectivity index (χ3n) is 13.9. The maximum absolute atomic E-state index is 7.20. The first-order valence-corrected chi connectivity index (χ1v) is 26.8. The maximum Gasteiger partial charge on any atom is 0.188 e. The molecule has 3 heterocycles. The molecular formula is C59H45N3O2Si2. The Hall–Kier alpha value is -7.72. The summed E-state index contributed by atoms with van der Waals surface area (Å²) in [6, 6.07) is 69.8. The molecule has 5 nitrogen and oxygen atoms in total. The highest BCUT2D eigenvalue weighted by Crippen LogP contribution is 2.43. The molecule has 12 rings (SSSR count). The van der Waals surface area contributed by atoms with Crippen molar-refractivity contribution >= 4 is 52.5 Å². The van der Waals surface area contributed by atoms with Crippen LogP contribution in [-0.4, -0.2) is 31.1 Å². The van der Waals surface area contributed by atoms with Crippen LogP contribution in [0.1, 0.15) is 17.5 Å². The summed E-state index contributed by atoms with van der Waals surface area (Å²) >= 11 is 0. The number of nitrogens with zero attached hydrogens (tertiary/aromatic N) is 3. The van der Waals surface area contributed by atoms with E-state index < -0.39 is 16.1 Å². The number of fused-ring (bicyclic) bond motifs is 4. The van der Waals surface area contributed by atoms with Crippen molar-refractivity contribution in [2.24, 2.45) is 0 Å². The smallest absolute Gasteiger partial charge is 0.188 e. The average molecular weight is 884 g/mol. The molecule has 3 aliphatic rings. The number of ether oxygens (including phenoxy) is 2. The SMILES string of the molecule is Cc1cccc(C)c1-c1nc(-c2cccc3c2Oc2ccccc2[Si]3(c2ccccc2)c2ccccc2)nc(-c2cccc3c2Oc2ccccc2[Si]3(c2ccccc2)C2C=CC=CC2)n1. The molecule has 2 atom stereocenters. The van der Waals surface area contributed by atoms with Gasteiger partial charge in [0.2, 0.25) is 0 Å². The lowest BCUT2D eigenvalue weighted by molar-refractivity contribution is 0.487. The van der Waals surface area contributed by atoms with E-state index in [1.165, 1.54) is 31.1 Å². The minimum atomic E-state index is -2.95. The molecule has 316 valence electrons. The summed E-state index contributed by atoms with van der Waals surface area (Å²) in [6.07, 6.45) is 10.1. The first-order chi connectivity index (χ1) is 32.6. The first kappa shape index (κ1) is 39.8. The number of para-hydroxylation sites is 4. The number of rotatable bonds is 7. The fourth-order valence-corrected chi connectivity index (χ4v) is 21.6. The van der Waals surface area contributed by atoms with Gasteiger partial charge in [-0.15, -0.1) is 0 Å². The zero-order valence-electron chi connectivity index (χ0n) is 36.7. The molecule has 8 aromatic carbocycles. The third-order valence-corrected chi connectivity index (χ3v) is 24.0. The summed E-state index contributed by atoms with van der Waals surface area (Å²) in [5.74, 6) is 5.00.